The van der Waals surface area contributed by atoms with Gasteiger partial charge < -0.3 is 5.11 Å². The number of hydrogen-bond acceptors (Lipinski definition) is 2. The second-order valence-corrected chi connectivity index (χ2v) is 7.88. The van der Waals surface area contributed by atoms with Gasteiger partial charge in [0, 0.05) is 6.42 Å². The zero-order valence-corrected chi connectivity index (χ0v) is 14.1. The van der Waals surface area contributed by atoms with Crippen molar-refractivity contribution in [3.63, 3.8) is 0 Å². The first-order valence-electron chi connectivity index (χ1n) is 8.67. The zero-order valence-electron chi connectivity index (χ0n) is 13.3. The molecule has 1 N–H and O–H groups in total. The van der Waals surface area contributed by atoms with E-state index in [0.717, 1.165) is 36.5 Å². The molecule has 0 amide bonds. The number of thioether (sulfide) groups is 1. The molecule has 21 heavy (non-hydrogen) atoms. The highest BCUT2D eigenvalue weighted by Crippen LogP contribution is 2.54. The molecular weight excluding hydrogens is 280 g/mol. The van der Waals surface area contributed by atoms with Gasteiger partial charge in [-0.15, -0.1) is 0 Å². The summed E-state index contributed by atoms with van der Waals surface area (Å²) in [6.07, 6.45) is 13.5. The molecule has 2 aliphatic carbocycles. The van der Waals surface area contributed by atoms with Crippen LogP contribution in [0.4, 0.5) is 0 Å². The lowest BCUT2D eigenvalue weighted by molar-refractivity contribution is -0.137. The van der Waals surface area contributed by atoms with Crippen LogP contribution in [0.2, 0.25) is 0 Å². The summed E-state index contributed by atoms with van der Waals surface area (Å²) >= 11 is 2.16. The van der Waals surface area contributed by atoms with Crippen molar-refractivity contribution in [3.05, 3.63) is 12.2 Å². The normalized spacial score (nSPS) is 31.3. The monoisotopic (exact) mass is 310 g/mol. The molecule has 0 heterocycles. The molecule has 4 atom stereocenters. The maximum absolute atomic E-state index is 10.5. The molecule has 0 spiro atoms. The SMILES string of the molecule is CCCSC[C@@H]1[C@@H]2CC[C@@H](C2)[C@@H]1C/C=C\CCCC(=O)O. The maximum atomic E-state index is 10.5. The molecule has 2 nitrogen and oxygen atoms in total. The van der Waals surface area contributed by atoms with Gasteiger partial charge in [0.05, 0.1) is 0 Å². The Kier molecular flexibility index (Phi) is 7.15. The summed E-state index contributed by atoms with van der Waals surface area (Å²) < 4.78 is 0. The highest BCUT2D eigenvalue weighted by Gasteiger charge is 2.46. The molecule has 0 aromatic heterocycles. The van der Waals surface area contributed by atoms with Gasteiger partial charge >= 0.3 is 5.97 Å². The van der Waals surface area contributed by atoms with Crippen LogP contribution in [0.3, 0.4) is 0 Å². The molecule has 2 fully saturated rings. The third-order valence-electron chi connectivity index (χ3n) is 5.27. The minimum Gasteiger partial charge on any atom is -0.481 e. The number of carbonyl (C=O) groups is 1. The Hall–Kier alpha value is -0.440. The fourth-order valence-corrected chi connectivity index (χ4v) is 5.51. The summed E-state index contributed by atoms with van der Waals surface area (Å²) in [7, 11) is 0. The maximum Gasteiger partial charge on any atom is 0.303 e. The zero-order chi connectivity index (χ0) is 15.1. The Morgan fingerprint density at radius 1 is 1.24 bits per heavy atom. The highest BCUT2D eigenvalue weighted by atomic mass is 32.2. The van der Waals surface area contributed by atoms with Crippen molar-refractivity contribution in [2.45, 2.75) is 58.3 Å². The van der Waals surface area contributed by atoms with E-state index in [4.69, 9.17) is 5.11 Å². The van der Waals surface area contributed by atoms with E-state index in [2.05, 4.69) is 30.8 Å². The number of carboxylic acid groups (broad SMARTS) is 1. The van der Waals surface area contributed by atoms with E-state index < -0.39 is 5.97 Å². The Morgan fingerprint density at radius 3 is 2.71 bits per heavy atom. The molecule has 2 rings (SSSR count). The lowest BCUT2D eigenvalue weighted by Gasteiger charge is -2.30. The summed E-state index contributed by atoms with van der Waals surface area (Å²) in [6, 6.07) is 0. The molecule has 0 radical (unpaired) electrons. The van der Waals surface area contributed by atoms with Gasteiger partial charge in [-0.3, -0.25) is 4.79 Å². The van der Waals surface area contributed by atoms with E-state index in [1.54, 1.807) is 0 Å². The van der Waals surface area contributed by atoms with Crippen LogP contribution in [-0.4, -0.2) is 22.6 Å². The number of rotatable bonds is 10. The van der Waals surface area contributed by atoms with E-state index in [1.165, 1.54) is 43.6 Å². The summed E-state index contributed by atoms with van der Waals surface area (Å²) in [5, 5.41) is 8.63. The fraction of sp³-hybridized carbons (Fsp3) is 0.833. The van der Waals surface area contributed by atoms with E-state index in [0.29, 0.717) is 6.42 Å². The predicted octanol–water partition coefficient (Wildman–Crippen LogP) is 4.99. The Morgan fingerprint density at radius 2 is 2.00 bits per heavy atom. The van der Waals surface area contributed by atoms with Crippen LogP contribution in [0.5, 0.6) is 0 Å². The van der Waals surface area contributed by atoms with Crippen molar-refractivity contribution in [1.82, 2.24) is 0 Å². The van der Waals surface area contributed by atoms with Crippen LogP contribution in [0.15, 0.2) is 12.2 Å². The standard InChI is InChI=1S/C18H30O2S/c1-2-11-21-13-17-15-10-9-14(12-15)16(17)7-5-3-4-6-8-18(19)20/h3,5,14-17H,2,4,6-13H2,1H3,(H,19,20)/b5-3-/t14-,15+,16-,17+/m0/s1. The Bertz CT molecular complexity index is 353. The van der Waals surface area contributed by atoms with E-state index in [9.17, 15) is 4.79 Å². The number of hydrogen-bond donors (Lipinski definition) is 1. The van der Waals surface area contributed by atoms with Crippen LogP contribution in [-0.2, 0) is 4.79 Å². The number of allylic oxidation sites excluding steroid dienone is 2. The van der Waals surface area contributed by atoms with Crippen LogP contribution >= 0.6 is 11.8 Å². The summed E-state index contributed by atoms with van der Waals surface area (Å²) in [6.45, 7) is 2.27. The lowest BCUT2D eigenvalue weighted by Crippen LogP contribution is -2.24. The first kappa shape index (κ1) is 16.9. The number of carboxylic acids is 1. The van der Waals surface area contributed by atoms with E-state index in [1.807, 2.05) is 0 Å². The molecule has 2 saturated carbocycles. The summed E-state index contributed by atoms with van der Waals surface area (Å²) in [5.74, 6) is 5.84. The van der Waals surface area contributed by atoms with Gasteiger partial charge in [-0.2, -0.15) is 11.8 Å². The highest BCUT2D eigenvalue weighted by molar-refractivity contribution is 7.99. The van der Waals surface area contributed by atoms with Crippen LogP contribution < -0.4 is 0 Å². The first-order chi connectivity index (χ1) is 10.2. The fourth-order valence-electron chi connectivity index (χ4n) is 4.26. The number of aliphatic carboxylic acids is 1. The van der Waals surface area contributed by atoms with Gasteiger partial charge in [-0.05, 0) is 80.1 Å². The average Bonchev–Trinajstić information content (AvgIpc) is 3.04. The number of fused-ring (bicyclic) bond motifs is 2. The van der Waals surface area contributed by atoms with Crippen molar-refractivity contribution in [3.8, 4) is 0 Å². The smallest absolute Gasteiger partial charge is 0.303 e. The third kappa shape index (κ3) is 5.05. The van der Waals surface area contributed by atoms with Crippen molar-refractivity contribution in [1.29, 1.82) is 0 Å². The quantitative estimate of drug-likeness (QED) is 0.456. The molecule has 2 aliphatic rings. The molecular formula is C18H30O2S. The summed E-state index contributed by atoms with van der Waals surface area (Å²) in [5.41, 5.74) is 0. The number of unbranched alkanes of at least 4 members (excludes halogenated alkanes) is 1. The topological polar surface area (TPSA) is 37.3 Å². The van der Waals surface area contributed by atoms with Crippen LogP contribution in [0.1, 0.15) is 58.3 Å². The molecule has 0 aromatic rings. The third-order valence-corrected chi connectivity index (χ3v) is 6.59. The molecule has 120 valence electrons. The van der Waals surface area contributed by atoms with Crippen molar-refractivity contribution >= 4 is 17.7 Å². The molecule has 0 saturated heterocycles. The molecule has 3 heteroatoms. The minimum atomic E-state index is -0.676. The van der Waals surface area contributed by atoms with Gasteiger partial charge in [0.1, 0.15) is 0 Å². The Balaban J connectivity index is 1.72. The molecule has 0 aromatic carbocycles. The molecule has 0 aliphatic heterocycles. The first-order valence-corrected chi connectivity index (χ1v) is 9.82. The predicted molar refractivity (Wildman–Crippen MR) is 90.7 cm³/mol. The lowest BCUT2D eigenvalue weighted by atomic mass is 9.78. The van der Waals surface area contributed by atoms with E-state index >= 15 is 0 Å². The van der Waals surface area contributed by atoms with Crippen molar-refractivity contribution in [2.75, 3.05) is 11.5 Å². The van der Waals surface area contributed by atoms with Gasteiger partial charge in [-0.25, -0.2) is 0 Å². The Labute approximate surface area is 133 Å². The van der Waals surface area contributed by atoms with Crippen LogP contribution in [0.25, 0.3) is 0 Å². The second kappa shape index (κ2) is 8.87. The largest absolute Gasteiger partial charge is 0.481 e. The van der Waals surface area contributed by atoms with E-state index in [-0.39, 0.29) is 0 Å². The van der Waals surface area contributed by atoms with Gasteiger partial charge in [-0.1, -0.05) is 19.1 Å². The molecule has 0 unspecified atom stereocenters. The minimum absolute atomic E-state index is 0.300. The molecule has 2 bridgehead atoms. The van der Waals surface area contributed by atoms with Gasteiger partial charge in [0.25, 0.3) is 0 Å². The van der Waals surface area contributed by atoms with Crippen molar-refractivity contribution < 1.29 is 9.90 Å². The van der Waals surface area contributed by atoms with Gasteiger partial charge in [0.2, 0.25) is 0 Å². The summed E-state index contributed by atoms with van der Waals surface area (Å²) in [4.78, 5) is 10.5. The second-order valence-electron chi connectivity index (χ2n) is 6.73. The average molecular weight is 311 g/mol. The van der Waals surface area contributed by atoms with Gasteiger partial charge in [0.15, 0.2) is 0 Å². The van der Waals surface area contributed by atoms with Crippen molar-refractivity contribution in [2.24, 2.45) is 23.7 Å². The van der Waals surface area contributed by atoms with Crippen LogP contribution in [0, 0.1) is 23.7 Å².